The van der Waals surface area contributed by atoms with E-state index in [1.54, 1.807) is 6.26 Å². The molecule has 4 nitrogen and oxygen atoms in total. The van der Waals surface area contributed by atoms with Crippen LogP contribution in [0.5, 0.6) is 0 Å². The van der Waals surface area contributed by atoms with Gasteiger partial charge in [0.05, 0.1) is 18.4 Å². The summed E-state index contributed by atoms with van der Waals surface area (Å²) in [5.74, 6) is 1.31. The molecule has 0 radical (unpaired) electrons. The predicted octanol–water partition coefficient (Wildman–Crippen LogP) is 3.13. The molecule has 4 heteroatoms. The van der Waals surface area contributed by atoms with Crippen LogP contribution in [0.25, 0.3) is 10.9 Å². The fraction of sp³-hybridized carbons (Fsp3) is 0.133. The van der Waals surface area contributed by atoms with Crippen LogP contribution < -0.4 is 5.73 Å². The highest BCUT2D eigenvalue weighted by Gasteiger charge is 2.04. The van der Waals surface area contributed by atoms with Crippen molar-refractivity contribution < 1.29 is 9.15 Å². The number of nitrogens with zero attached hydrogens (tertiary/aromatic N) is 1. The van der Waals surface area contributed by atoms with Gasteiger partial charge in [-0.25, -0.2) is 4.98 Å². The number of benzene rings is 1. The van der Waals surface area contributed by atoms with Gasteiger partial charge < -0.3 is 14.9 Å². The van der Waals surface area contributed by atoms with Crippen LogP contribution in [-0.2, 0) is 18.0 Å². The Hall–Kier alpha value is -2.33. The second kappa shape index (κ2) is 5.12. The van der Waals surface area contributed by atoms with E-state index in [1.165, 1.54) is 0 Å². The summed E-state index contributed by atoms with van der Waals surface area (Å²) in [6.45, 7) is 0.851. The van der Waals surface area contributed by atoms with Crippen molar-refractivity contribution in [3.8, 4) is 0 Å². The average molecular weight is 254 g/mol. The van der Waals surface area contributed by atoms with Crippen molar-refractivity contribution in [2.24, 2.45) is 0 Å². The Kier molecular flexibility index (Phi) is 3.16. The molecule has 0 amide bonds. The smallest absolute Gasteiger partial charge is 0.129 e. The third-order valence-corrected chi connectivity index (χ3v) is 2.92. The van der Waals surface area contributed by atoms with Gasteiger partial charge in [-0.05, 0) is 24.3 Å². The SMILES string of the molecule is Nc1nc2ccccc2cc1COCc1ccco1. The molecule has 0 unspecified atom stereocenters. The molecule has 0 spiro atoms. The molecule has 96 valence electrons. The molecule has 3 rings (SSSR count). The Balaban J connectivity index is 1.75. The largest absolute Gasteiger partial charge is 0.467 e. The summed E-state index contributed by atoms with van der Waals surface area (Å²) >= 11 is 0. The zero-order valence-electron chi connectivity index (χ0n) is 10.4. The number of pyridine rings is 1. The molecule has 0 fully saturated rings. The standard InChI is InChI=1S/C15H14N2O2/c16-15-12(9-18-10-13-5-3-7-19-13)8-11-4-1-2-6-14(11)17-15/h1-8H,9-10H2,(H2,16,17). The lowest BCUT2D eigenvalue weighted by atomic mass is 10.1. The minimum Gasteiger partial charge on any atom is -0.467 e. The summed E-state index contributed by atoms with van der Waals surface area (Å²) in [6, 6.07) is 13.6. The van der Waals surface area contributed by atoms with Gasteiger partial charge in [0.2, 0.25) is 0 Å². The highest BCUT2D eigenvalue weighted by atomic mass is 16.5. The van der Waals surface area contributed by atoms with Crippen LogP contribution in [0.1, 0.15) is 11.3 Å². The molecule has 0 saturated heterocycles. The maximum Gasteiger partial charge on any atom is 0.129 e. The normalized spacial score (nSPS) is 10.9. The van der Waals surface area contributed by atoms with E-state index >= 15 is 0 Å². The number of hydrogen-bond donors (Lipinski definition) is 1. The van der Waals surface area contributed by atoms with Gasteiger partial charge in [-0.2, -0.15) is 0 Å². The molecule has 0 aliphatic rings. The number of rotatable bonds is 4. The molecule has 2 heterocycles. The summed E-state index contributed by atoms with van der Waals surface area (Å²) in [5, 5.41) is 1.06. The molecule has 19 heavy (non-hydrogen) atoms. The van der Waals surface area contributed by atoms with Crippen molar-refractivity contribution >= 4 is 16.7 Å². The number of nitrogen functional groups attached to an aromatic ring is 1. The van der Waals surface area contributed by atoms with E-state index in [9.17, 15) is 0 Å². The summed E-state index contributed by atoms with van der Waals surface area (Å²) in [6.07, 6.45) is 1.63. The topological polar surface area (TPSA) is 61.3 Å². The summed E-state index contributed by atoms with van der Waals surface area (Å²) in [5.41, 5.74) is 7.72. The molecule has 3 aromatic rings. The Morgan fingerprint density at radius 1 is 1.11 bits per heavy atom. The third kappa shape index (κ3) is 2.58. The number of anilines is 1. The lowest BCUT2D eigenvalue weighted by Gasteiger charge is -2.07. The van der Waals surface area contributed by atoms with Crippen LogP contribution in [0.3, 0.4) is 0 Å². The first kappa shape index (κ1) is 11.7. The third-order valence-electron chi connectivity index (χ3n) is 2.92. The second-order valence-electron chi connectivity index (χ2n) is 4.30. The molecule has 0 aliphatic carbocycles. The fourth-order valence-corrected chi connectivity index (χ4v) is 1.95. The monoisotopic (exact) mass is 254 g/mol. The van der Waals surface area contributed by atoms with E-state index < -0.39 is 0 Å². The number of furan rings is 1. The van der Waals surface area contributed by atoms with Crippen LogP contribution in [0.15, 0.2) is 53.1 Å². The number of fused-ring (bicyclic) bond motifs is 1. The Labute approximate surface area is 110 Å². The zero-order chi connectivity index (χ0) is 13.1. The Morgan fingerprint density at radius 3 is 2.84 bits per heavy atom. The first-order valence-electron chi connectivity index (χ1n) is 6.07. The van der Waals surface area contributed by atoms with E-state index in [1.807, 2.05) is 42.5 Å². The van der Waals surface area contributed by atoms with Crippen molar-refractivity contribution in [2.75, 3.05) is 5.73 Å². The summed E-state index contributed by atoms with van der Waals surface area (Å²) in [7, 11) is 0. The molecule has 2 N–H and O–H groups in total. The molecule has 0 saturated carbocycles. The summed E-state index contributed by atoms with van der Waals surface area (Å²) in [4.78, 5) is 4.37. The van der Waals surface area contributed by atoms with Crippen molar-refractivity contribution in [3.05, 3.63) is 60.1 Å². The van der Waals surface area contributed by atoms with E-state index in [2.05, 4.69) is 4.98 Å². The molecule has 0 aliphatic heterocycles. The van der Waals surface area contributed by atoms with Crippen molar-refractivity contribution in [1.29, 1.82) is 0 Å². The van der Waals surface area contributed by atoms with Crippen molar-refractivity contribution in [2.45, 2.75) is 13.2 Å². The molecule has 1 aromatic carbocycles. The van der Waals surface area contributed by atoms with E-state index in [-0.39, 0.29) is 0 Å². The maximum absolute atomic E-state index is 5.93. The number of nitrogens with two attached hydrogens (primary N) is 1. The zero-order valence-corrected chi connectivity index (χ0v) is 10.4. The maximum atomic E-state index is 5.93. The number of para-hydroxylation sites is 1. The van der Waals surface area contributed by atoms with E-state index in [0.29, 0.717) is 19.0 Å². The molecular formula is C15H14N2O2. The van der Waals surface area contributed by atoms with Gasteiger partial charge in [-0.15, -0.1) is 0 Å². The van der Waals surface area contributed by atoms with Gasteiger partial charge in [0.25, 0.3) is 0 Å². The number of aromatic nitrogens is 1. The number of hydrogen-bond acceptors (Lipinski definition) is 4. The van der Waals surface area contributed by atoms with Gasteiger partial charge in [0.15, 0.2) is 0 Å². The van der Waals surface area contributed by atoms with Gasteiger partial charge in [-0.1, -0.05) is 18.2 Å². The summed E-state index contributed by atoms with van der Waals surface area (Å²) < 4.78 is 10.8. The molecule has 2 aromatic heterocycles. The average Bonchev–Trinajstić information content (AvgIpc) is 2.92. The molecular weight excluding hydrogens is 240 g/mol. The quantitative estimate of drug-likeness (QED) is 0.777. The van der Waals surface area contributed by atoms with Gasteiger partial charge in [-0.3, -0.25) is 0 Å². The first-order chi connectivity index (χ1) is 9.33. The van der Waals surface area contributed by atoms with Gasteiger partial charge >= 0.3 is 0 Å². The van der Waals surface area contributed by atoms with E-state index in [0.717, 1.165) is 22.2 Å². The van der Waals surface area contributed by atoms with Crippen molar-refractivity contribution in [3.63, 3.8) is 0 Å². The van der Waals surface area contributed by atoms with Crippen molar-refractivity contribution in [1.82, 2.24) is 4.98 Å². The van der Waals surface area contributed by atoms with Crippen LogP contribution in [0.2, 0.25) is 0 Å². The van der Waals surface area contributed by atoms with Crippen LogP contribution in [0, 0.1) is 0 Å². The van der Waals surface area contributed by atoms with Gasteiger partial charge in [0.1, 0.15) is 18.2 Å². The number of ether oxygens (including phenoxy) is 1. The lowest BCUT2D eigenvalue weighted by molar-refractivity contribution is 0.0932. The first-order valence-corrected chi connectivity index (χ1v) is 6.07. The Morgan fingerprint density at radius 2 is 2.00 bits per heavy atom. The highest BCUT2D eigenvalue weighted by molar-refractivity contribution is 5.81. The van der Waals surface area contributed by atoms with Crippen LogP contribution in [-0.4, -0.2) is 4.98 Å². The Bertz CT molecular complexity index is 678. The minimum absolute atomic E-state index is 0.421. The second-order valence-corrected chi connectivity index (χ2v) is 4.30. The van der Waals surface area contributed by atoms with Crippen LogP contribution >= 0.6 is 0 Å². The van der Waals surface area contributed by atoms with Crippen LogP contribution in [0.4, 0.5) is 5.82 Å². The fourth-order valence-electron chi connectivity index (χ4n) is 1.95. The minimum atomic E-state index is 0.421. The lowest BCUT2D eigenvalue weighted by Crippen LogP contribution is -2.01. The predicted molar refractivity (Wildman–Crippen MR) is 73.4 cm³/mol. The molecule has 0 atom stereocenters. The molecule has 0 bridgehead atoms. The van der Waals surface area contributed by atoms with Gasteiger partial charge in [0, 0.05) is 10.9 Å². The highest BCUT2D eigenvalue weighted by Crippen LogP contribution is 2.19. The van der Waals surface area contributed by atoms with E-state index in [4.69, 9.17) is 14.9 Å².